The van der Waals surface area contributed by atoms with Crippen molar-refractivity contribution < 1.29 is 35.9 Å². The summed E-state index contributed by atoms with van der Waals surface area (Å²) >= 11 is 0. The van der Waals surface area contributed by atoms with Gasteiger partial charge >= 0.3 is 0 Å². The number of hydrogen-bond donors (Lipinski definition) is 0. The molecule has 0 saturated heterocycles. The number of pyridine rings is 1. The van der Waals surface area contributed by atoms with Crippen LogP contribution in [0.3, 0.4) is 0 Å². The highest BCUT2D eigenvalue weighted by Gasteiger charge is 2.26. The van der Waals surface area contributed by atoms with Gasteiger partial charge in [0.15, 0.2) is 35.7 Å². The summed E-state index contributed by atoms with van der Waals surface area (Å²) in [7, 11) is 6.65. The molecule has 2 heterocycles. The van der Waals surface area contributed by atoms with Crippen LogP contribution in [-0.4, -0.2) is 28.4 Å². The Morgan fingerprint density at radius 3 is 1.89 bits per heavy atom. The summed E-state index contributed by atoms with van der Waals surface area (Å²) in [5.74, 6) is 2.98. The number of aryl methyl sites for hydroxylation is 2. The van der Waals surface area contributed by atoms with Gasteiger partial charge in [0.1, 0.15) is 0 Å². The summed E-state index contributed by atoms with van der Waals surface area (Å²) in [5, 5.41) is 2.23. The van der Waals surface area contributed by atoms with Crippen molar-refractivity contribution >= 4 is 10.8 Å². The largest absolute Gasteiger partial charge is 1.00 e. The van der Waals surface area contributed by atoms with Crippen LogP contribution in [0.4, 0.5) is 0 Å². The third-order valence-electron chi connectivity index (χ3n) is 4.99. The highest BCUT2D eigenvalue weighted by Crippen LogP contribution is 2.38. The SMILES string of the molecule is COc1cc2c(cc1OC)-c1cc3cc(OC)c(OC)cc3c[n+]1CC2.[Cl-]. The van der Waals surface area contributed by atoms with Crippen LogP contribution in [-0.2, 0) is 13.0 Å². The number of nitrogens with zero attached hydrogens (tertiary/aromatic N) is 1. The van der Waals surface area contributed by atoms with Crippen molar-refractivity contribution in [2.75, 3.05) is 28.4 Å². The van der Waals surface area contributed by atoms with Crippen molar-refractivity contribution in [1.82, 2.24) is 0 Å². The normalized spacial score (nSPS) is 11.9. The molecule has 0 spiro atoms. The molecule has 0 N–H and O–H groups in total. The van der Waals surface area contributed by atoms with Crippen molar-refractivity contribution in [3.8, 4) is 34.3 Å². The number of aromatic nitrogens is 1. The van der Waals surface area contributed by atoms with Gasteiger partial charge in [-0.15, -0.1) is 0 Å². The smallest absolute Gasteiger partial charge is 0.213 e. The zero-order valence-corrected chi connectivity index (χ0v) is 16.6. The minimum atomic E-state index is 0. The number of benzene rings is 2. The van der Waals surface area contributed by atoms with Crippen LogP contribution in [0, 0.1) is 0 Å². The van der Waals surface area contributed by atoms with Crippen LogP contribution in [0.25, 0.3) is 22.0 Å². The number of methoxy groups -OCH3 is 4. The molecule has 27 heavy (non-hydrogen) atoms. The van der Waals surface area contributed by atoms with E-state index in [1.807, 2.05) is 12.1 Å². The minimum absolute atomic E-state index is 0. The number of hydrogen-bond acceptors (Lipinski definition) is 4. The molecule has 0 aliphatic carbocycles. The molecule has 3 aromatic rings. The Bertz CT molecular complexity index is 1000. The Labute approximate surface area is 164 Å². The molecule has 0 fully saturated rings. The van der Waals surface area contributed by atoms with Gasteiger partial charge in [-0.25, -0.2) is 0 Å². The lowest BCUT2D eigenvalue weighted by atomic mass is 9.95. The second-order valence-corrected chi connectivity index (χ2v) is 6.30. The van der Waals surface area contributed by atoms with Crippen LogP contribution in [0.5, 0.6) is 23.0 Å². The Morgan fingerprint density at radius 2 is 1.26 bits per heavy atom. The number of ether oxygens (including phenoxy) is 4. The highest BCUT2D eigenvalue weighted by atomic mass is 35.5. The Balaban J connectivity index is 0.00000210. The first-order valence-electron chi connectivity index (χ1n) is 8.53. The first kappa shape index (κ1) is 19.1. The van der Waals surface area contributed by atoms with Crippen LogP contribution in [0.15, 0.2) is 36.5 Å². The molecule has 2 aromatic carbocycles. The van der Waals surface area contributed by atoms with Gasteiger partial charge in [-0.2, -0.15) is 4.57 Å². The molecule has 6 heteroatoms. The fourth-order valence-corrected chi connectivity index (χ4v) is 3.64. The first-order valence-corrected chi connectivity index (χ1v) is 8.53. The van der Waals surface area contributed by atoms with E-state index in [1.54, 1.807) is 28.4 Å². The maximum atomic E-state index is 5.50. The molecule has 0 unspecified atom stereocenters. The third kappa shape index (κ3) is 3.12. The van der Waals surface area contributed by atoms with E-state index in [1.165, 1.54) is 11.1 Å². The summed E-state index contributed by atoms with van der Waals surface area (Å²) in [6.07, 6.45) is 3.12. The van der Waals surface area contributed by atoms with Gasteiger partial charge in [-0.3, -0.25) is 0 Å². The molecule has 1 aromatic heterocycles. The molecule has 1 aliphatic heterocycles. The molecule has 142 valence electrons. The first-order chi connectivity index (χ1) is 12.7. The molecule has 5 nitrogen and oxygen atoms in total. The maximum Gasteiger partial charge on any atom is 0.213 e. The van der Waals surface area contributed by atoms with Gasteiger partial charge in [0.25, 0.3) is 0 Å². The minimum Gasteiger partial charge on any atom is -1.00 e. The molecule has 0 bridgehead atoms. The lowest BCUT2D eigenvalue weighted by molar-refractivity contribution is -0.686. The molecule has 0 saturated carbocycles. The van der Waals surface area contributed by atoms with E-state index in [0.29, 0.717) is 0 Å². The fourth-order valence-electron chi connectivity index (χ4n) is 3.64. The zero-order valence-electron chi connectivity index (χ0n) is 15.8. The van der Waals surface area contributed by atoms with Gasteiger partial charge in [0.05, 0.1) is 34.0 Å². The van der Waals surface area contributed by atoms with Gasteiger partial charge < -0.3 is 31.4 Å². The van der Waals surface area contributed by atoms with E-state index in [0.717, 1.165) is 52.4 Å². The van der Waals surface area contributed by atoms with Crippen molar-refractivity contribution in [2.45, 2.75) is 13.0 Å². The molecule has 4 rings (SSSR count). The van der Waals surface area contributed by atoms with Crippen LogP contribution in [0.1, 0.15) is 5.56 Å². The molecule has 1 aliphatic rings. The fraction of sp³-hybridized carbons (Fsp3) is 0.286. The van der Waals surface area contributed by atoms with E-state index in [9.17, 15) is 0 Å². The van der Waals surface area contributed by atoms with Crippen molar-refractivity contribution in [2.24, 2.45) is 0 Å². The average Bonchev–Trinajstić information content (AvgIpc) is 2.69. The van der Waals surface area contributed by atoms with E-state index in [2.05, 4.69) is 29.0 Å². The molecular weight excluding hydrogens is 366 g/mol. The van der Waals surface area contributed by atoms with E-state index in [-0.39, 0.29) is 12.4 Å². The average molecular weight is 388 g/mol. The zero-order chi connectivity index (χ0) is 18.3. The van der Waals surface area contributed by atoms with Crippen molar-refractivity contribution in [3.63, 3.8) is 0 Å². The summed E-state index contributed by atoms with van der Waals surface area (Å²) < 4.78 is 24.1. The Morgan fingerprint density at radius 1 is 0.704 bits per heavy atom. The van der Waals surface area contributed by atoms with Gasteiger partial charge in [0.2, 0.25) is 5.69 Å². The second kappa shape index (κ2) is 7.53. The topological polar surface area (TPSA) is 40.8 Å². The lowest BCUT2D eigenvalue weighted by Crippen LogP contribution is -3.00. The maximum absolute atomic E-state index is 5.50. The van der Waals surface area contributed by atoms with E-state index < -0.39 is 0 Å². The van der Waals surface area contributed by atoms with Gasteiger partial charge in [-0.1, -0.05) is 0 Å². The number of halogens is 1. The Kier molecular flexibility index (Phi) is 5.33. The lowest BCUT2D eigenvalue weighted by Gasteiger charge is -2.18. The van der Waals surface area contributed by atoms with Crippen molar-refractivity contribution in [3.05, 3.63) is 42.1 Å². The van der Waals surface area contributed by atoms with Crippen LogP contribution in [0.2, 0.25) is 0 Å². The van der Waals surface area contributed by atoms with Crippen LogP contribution < -0.4 is 35.9 Å². The van der Waals surface area contributed by atoms with Gasteiger partial charge in [0, 0.05) is 17.9 Å². The molecular formula is C21H22ClNO4. The molecule has 0 amide bonds. The second-order valence-electron chi connectivity index (χ2n) is 6.30. The van der Waals surface area contributed by atoms with Crippen LogP contribution >= 0.6 is 0 Å². The van der Waals surface area contributed by atoms with E-state index in [4.69, 9.17) is 18.9 Å². The monoisotopic (exact) mass is 387 g/mol. The molecule has 0 atom stereocenters. The summed E-state index contributed by atoms with van der Waals surface area (Å²) in [4.78, 5) is 0. The van der Waals surface area contributed by atoms with Gasteiger partial charge in [-0.05, 0) is 35.2 Å². The predicted molar refractivity (Wildman–Crippen MR) is 99.5 cm³/mol. The predicted octanol–water partition coefficient (Wildman–Crippen LogP) is 0.389. The standard InChI is InChI=1S/C21H22NO4.ClH/c1-23-18-8-13-5-6-22-12-15-10-20(25-3)19(24-2)9-14(15)7-17(22)16(13)11-21(18)26-4;/h7-12H,5-6H2,1-4H3;1H/q+1;/p-1. The van der Waals surface area contributed by atoms with Crippen molar-refractivity contribution in [1.29, 1.82) is 0 Å². The summed E-state index contributed by atoms with van der Waals surface area (Å²) in [6.45, 7) is 0.919. The highest BCUT2D eigenvalue weighted by molar-refractivity contribution is 5.87. The summed E-state index contributed by atoms with van der Waals surface area (Å²) in [5.41, 5.74) is 3.60. The number of rotatable bonds is 4. The number of fused-ring (bicyclic) bond motifs is 4. The molecule has 0 radical (unpaired) electrons. The summed E-state index contributed by atoms with van der Waals surface area (Å²) in [6, 6.07) is 10.4. The third-order valence-corrected chi connectivity index (χ3v) is 4.99. The Hall–Kier alpha value is -2.66. The quantitative estimate of drug-likeness (QED) is 0.607. The van der Waals surface area contributed by atoms with E-state index >= 15 is 0 Å².